The fourth-order valence-corrected chi connectivity index (χ4v) is 1.48. The molecule has 0 spiro atoms. The van der Waals surface area contributed by atoms with Crippen LogP contribution in [0.4, 0.5) is 5.69 Å². The van der Waals surface area contributed by atoms with Crippen molar-refractivity contribution in [2.75, 3.05) is 5.43 Å². The Morgan fingerprint density at radius 1 is 1.12 bits per heavy atom. The summed E-state index contributed by atoms with van der Waals surface area (Å²) in [6.45, 7) is 0. The summed E-state index contributed by atoms with van der Waals surface area (Å²) in [5, 5.41) is 0. The van der Waals surface area contributed by atoms with E-state index in [0.717, 1.165) is 14.6 Å². The van der Waals surface area contributed by atoms with E-state index in [4.69, 9.17) is 17.5 Å². The number of nitrogens with one attached hydrogen (secondary N) is 2. The summed E-state index contributed by atoms with van der Waals surface area (Å²) in [6.07, 6.45) is 0. The molecule has 0 fully saturated rings. The molecule has 10 heteroatoms. The fraction of sp³-hybridized carbons (Fsp3) is 0. The van der Waals surface area contributed by atoms with Crippen molar-refractivity contribution in [1.82, 2.24) is 4.45 Å². The SMILES string of the molecule is BrNNc1ccc(Br)c(Br)c1.O=S(=O)(O)O. The smallest absolute Gasteiger partial charge is 0.312 e. The zero-order valence-corrected chi connectivity index (χ0v) is 13.1. The minimum Gasteiger partial charge on any atom is -0.312 e. The molecule has 0 radical (unpaired) electrons. The lowest BCUT2D eigenvalue weighted by Crippen LogP contribution is -2.07. The third-order valence-corrected chi connectivity index (χ3v) is 3.19. The van der Waals surface area contributed by atoms with Gasteiger partial charge >= 0.3 is 10.4 Å². The van der Waals surface area contributed by atoms with E-state index in [-0.39, 0.29) is 0 Å². The first-order valence-electron chi connectivity index (χ1n) is 3.50. The monoisotopic (exact) mass is 440 g/mol. The van der Waals surface area contributed by atoms with E-state index in [9.17, 15) is 0 Å². The predicted octanol–water partition coefficient (Wildman–Crippen LogP) is 2.79. The molecular weight excluding hydrogens is 436 g/mol. The van der Waals surface area contributed by atoms with Crippen LogP contribution >= 0.6 is 48.0 Å². The molecule has 0 aliphatic carbocycles. The molecule has 0 saturated carbocycles. The van der Waals surface area contributed by atoms with E-state index in [1.807, 2.05) is 18.2 Å². The van der Waals surface area contributed by atoms with Crippen LogP contribution in [0.25, 0.3) is 0 Å². The number of benzene rings is 1. The molecule has 0 unspecified atom stereocenters. The van der Waals surface area contributed by atoms with Gasteiger partial charge < -0.3 is 5.43 Å². The van der Waals surface area contributed by atoms with Crippen LogP contribution < -0.4 is 9.88 Å². The van der Waals surface area contributed by atoms with Crippen molar-refractivity contribution >= 4 is 64.1 Å². The Bertz CT molecular complexity index is 431. The Hall–Kier alpha value is 0.290. The van der Waals surface area contributed by atoms with Crippen LogP contribution in [0.2, 0.25) is 0 Å². The van der Waals surface area contributed by atoms with Crippen molar-refractivity contribution in [2.45, 2.75) is 0 Å². The van der Waals surface area contributed by atoms with E-state index in [2.05, 4.69) is 57.9 Å². The first kappa shape index (κ1) is 16.3. The van der Waals surface area contributed by atoms with Crippen molar-refractivity contribution in [3.8, 4) is 0 Å². The molecule has 92 valence electrons. The van der Waals surface area contributed by atoms with Gasteiger partial charge in [-0.15, -0.1) is 0 Å². The van der Waals surface area contributed by atoms with Crippen molar-refractivity contribution in [1.29, 1.82) is 0 Å². The number of hydrogen-bond acceptors (Lipinski definition) is 4. The van der Waals surface area contributed by atoms with Crippen molar-refractivity contribution in [3.05, 3.63) is 27.1 Å². The summed E-state index contributed by atoms with van der Waals surface area (Å²) in [5.41, 5.74) is 3.87. The standard InChI is InChI=1S/C6H5Br3N2.H2O4S/c7-5-2-1-4(10-11-9)3-6(5)8;1-5(2,3)4/h1-3,10-11H;(H2,1,2,3,4). The van der Waals surface area contributed by atoms with Gasteiger partial charge in [-0.25, -0.2) is 0 Å². The molecule has 1 aromatic carbocycles. The third-order valence-electron chi connectivity index (χ3n) is 1.11. The van der Waals surface area contributed by atoms with Gasteiger partial charge in [0.1, 0.15) is 0 Å². The van der Waals surface area contributed by atoms with Crippen LogP contribution in [0, 0.1) is 0 Å². The number of anilines is 1. The second-order valence-electron chi connectivity index (χ2n) is 2.30. The second kappa shape index (κ2) is 7.58. The highest BCUT2D eigenvalue weighted by Crippen LogP contribution is 2.25. The van der Waals surface area contributed by atoms with Gasteiger partial charge in [0.05, 0.1) is 5.69 Å². The summed E-state index contributed by atoms with van der Waals surface area (Å²) in [5.74, 6) is 0. The maximum atomic E-state index is 8.74. The zero-order valence-electron chi connectivity index (χ0n) is 7.49. The van der Waals surface area contributed by atoms with Crippen LogP contribution in [-0.2, 0) is 10.4 Å². The van der Waals surface area contributed by atoms with Crippen LogP contribution in [-0.4, -0.2) is 17.5 Å². The van der Waals surface area contributed by atoms with E-state index < -0.39 is 10.4 Å². The van der Waals surface area contributed by atoms with Gasteiger partial charge in [-0.05, 0) is 50.1 Å². The molecule has 6 nitrogen and oxygen atoms in total. The highest BCUT2D eigenvalue weighted by atomic mass is 79.9. The normalized spacial score (nSPS) is 10.3. The minimum atomic E-state index is -4.67. The molecule has 0 atom stereocenters. The molecule has 0 heterocycles. The maximum Gasteiger partial charge on any atom is 0.394 e. The Kier molecular flexibility index (Phi) is 7.72. The molecule has 0 bridgehead atoms. The van der Waals surface area contributed by atoms with Gasteiger partial charge in [0, 0.05) is 25.1 Å². The topological polar surface area (TPSA) is 98.7 Å². The molecule has 0 aliphatic heterocycles. The van der Waals surface area contributed by atoms with Crippen LogP contribution in [0.3, 0.4) is 0 Å². The Morgan fingerprint density at radius 3 is 2.00 bits per heavy atom. The highest BCUT2D eigenvalue weighted by molar-refractivity contribution is 9.13. The first-order chi connectivity index (χ1) is 7.24. The maximum absolute atomic E-state index is 8.74. The molecule has 1 rings (SSSR count). The molecule has 0 amide bonds. The van der Waals surface area contributed by atoms with Gasteiger partial charge in [0.25, 0.3) is 0 Å². The summed E-state index contributed by atoms with van der Waals surface area (Å²) in [4.78, 5) is 0. The molecule has 4 N–H and O–H groups in total. The highest BCUT2D eigenvalue weighted by Gasteiger charge is 1.96. The lowest BCUT2D eigenvalue weighted by atomic mass is 10.3. The Labute approximate surface area is 118 Å². The average molecular weight is 443 g/mol. The van der Waals surface area contributed by atoms with Gasteiger partial charge in [0.15, 0.2) is 0 Å². The molecule has 16 heavy (non-hydrogen) atoms. The summed E-state index contributed by atoms with van der Waals surface area (Å²) >= 11 is 9.80. The third kappa shape index (κ3) is 9.51. The van der Waals surface area contributed by atoms with Crippen molar-refractivity contribution < 1.29 is 17.5 Å². The van der Waals surface area contributed by atoms with Crippen molar-refractivity contribution in [2.24, 2.45) is 0 Å². The predicted molar refractivity (Wildman–Crippen MR) is 71.7 cm³/mol. The summed E-state index contributed by atoms with van der Waals surface area (Å²) in [6, 6.07) is 5.86. The van der Waals surface area contributed by atoms with Crippen LogP contribution in [0.5, 0.6) is 0 Å². The summed E-state index contributed by atoms with van der Waals surface area (Å²) < 4.78 is 36.3. The number of halogens is 3. The molecular formula is C6H7Br3N2O4S. The molecule has 0 aliphatic rings. The van der Waals surface area contributed by atoms with Crippen LogP contribution in [0.1, 0.15) is 0 Å². The van der Waals surface area contributed by atoms with Gasteiger partial charge in [-0.1, -0.05) is 0 Å². The van der Waals surface area contributed by atoms with Crippen molar-refractivity contribution in [3.63, 3.8) is 0 Å². The van der Waals surface area contributed by atoms with E-state index in [1.54, 1.807) is 0 Å². The van der Waals surface area contributed by atoms with E-state index >= 15 is 0 Å². The number of hydrazine groups is 1. The summed E-state index contributed by atoms with van der Waals surface area (Å²) in [7, 11) is -4.67. The molecule has 0 saturated heterocycles. The lowest BCUT2D eigenvalue weighted by molar-refractivity contribution is 0.381. The Morgan fingerprint density at radius 2 is 1.62 bits per heavy atom. The quantitative estimate of drug-likeness (QED) is 0.319. The van der Waals surface area contributed by atoms with Gasteiger partial charge in [-0.3, -0.25) is 9.11 Å². The van der Waals surface area contributed by atoms with E-state index in [1.165, 1.54) is 0 Å². The molecule has 1 aromatic rings. The first-order valence-corrected chi connectivity index (χ1v) is 7.28. The largest absolute Gasteiger partial charge is 0.394 e. The number of rotatable bonds is 2. The van der Waals surface area contributed by atoms with E-state index in [0.29, 0.717) is 0 Å². The van der Waals surface area contributed by atoms with Gasteiger partial charge in [0.2, 0.25) is 0 Å². The second-order valence-corrected chi connectivity index (χ2v) is 5.30. The average Bonchev–Trinajstić information content (AvgIpc) is 2.09. The number of hydrogen-bond donors (Lipinski definition) is 4. The van der Waals surface area contributed by atoms with Gasteiger partial charge in [-0.2, -0.15) is 12.9 Å². The molecule has 0 aromatic heterocycles. The zero-order chi connectivity index (χ0) is 12.8. The minimum absolute atomic E-state index is 0.983. The fourth-order valence-electron chi connectivity index (χ4n) is 0.628. The lowest BCUT2D eigenvalue weighted by Gasteiger charge is -2.03. The Balaban J connectivity index is 0.000000385. The van der Waals surface area contributed by atoms with Crippen LogP contribution in [0.15, 0.2) is 27.1 Å².